The van der Waals surface area contributed by atoms with E-state index in [1.165, 1.54) is 0 Å². The molecule has 0 fully saturated rings. The summed E-state index contributed by atoms with van der Waals surface area (Å²) in [5, 5.41) is 6.98. The highest BCUT2D eigenvalue weighted by Gasteiger charge is 2.12. The molecule has 2 aromatic heterocycles. The van der Waals surface area contributed by atoms with Crippen molar-refractivity contribution in [2.75, 3.05) is 5.73 Å². The van der Waals surface area contributed by atoms with Gasteiger partial charge in [0.05, 0.1) is 11.3 Å². The van der Waals surface area contributed by atoms with Crippen LogP contribution in [-0.4, -0.2) is 15.2 Å². The second-order valence-corrected chi connectivity index (χ2v) is 3.43. The van der Waals surface area contributed by atoms with Crippen LogP contribution in [0.3, 0.4) is 0 Å². The number of nitrogens with two attached hydrogens (primary N) is 1. The molecule has 0 spiro atoms. The van der Waals surface area contributed by atoms with Gasteiger partial charge in [-0.25, -0.2) is 0 Å². The van der Waals surface area contributed by atoms with E-state index < -0.39 is 0 Å². The van der Waals surface area contributed by atoms with Gasteiger partial charge in [0.1, 0.15) is 0 Å². The molecule has 4 heteroatoms. The van der Waals surface area contributed by atoms with E-state index in [4.69, 9.17) is 5.73 Å². The molecule has 2 heterocycles. The second-order valence-electron chi connectivity index (χ2n) is 3.43. The van der Waals surface area contributed by atoms with Crippen LogP contribution in [0.15, 0.2) is 24.4 Å². The van der Waals surface area contributed by atoms with E-state index in [0.29, 0.717) is 5.82 Å². The monoisotopic (exact) mass is 202 g/mol. The van der Waals surface area contributed by atoms with Crippen LogP contribution < -0.4 is 5.73 Å². The molecule has 2 aromatic rings. The Morgan fingerprint density at radius 2 is 2.27 bits per heavy atom. The standard InChI is InChI=1S/C11H14N4/c1-2-5-9-10(11(12)15-14-9)8-6-3-4-7-13-8/h3-4,6-7H,2,5H2,1H3,(H3,12,14,15). The predicted molar refractivity (Wildman–Crippen MR) is 60.2 cm³/mol. The first-order chi connectivity index (χ1) is 7.33. The number of pyridine rings is 1. The number of rotatable bonds is 3. The molecule has 0 bridgehead atoms. The predicted octanol–water partition coefficient (Wildman–Crippen LogP) is 2.01. The third-order valence-electron chi connectivity index (χ3n) is 2.29. The number of nitrogens with one attached hydrogen (secondary N) is 1. The molecule has 3 N–H and O–H groups in total. The molecule has 2 rings (SSSR count). The summed E-state index contributed by atoms with van der Waals surface area (Å²) in [7, 11) is 0. The van der Waals surface area contributed by atoms with Gasteiger partial charge in [0.15, 0.2) is 5.82 Å². The average Bonchev–Trinajstić information content (AvgIpc) is 2.62. The quantitative estimate of drug-likeness (QED) is 0.800. The Bertz CT molecular complexity index is 433. The largest absolute Gasteiger partial charge is 0.382 e. The van der Waals surface area contributed by atoms with Gasteiger partial charge in [-0.15, -0.1) is 0 Å². The maximum absolute atomic E-state index is 5.82. The summed E-state index contributed by atoms with van der Waals surface area (Å²) in [4.78, 5) is 4.28. The van der Waals surface area contributed by atoms with Gasteiger partial charge in [0.2, 0.25) is 0 Å². The topological polar surface area (TPSA) is 67.6 Å². The lowest BCUT2D eigenvalue weighted by Gasteiger charge is -2.01. The van der Waals surface area contributed by atoms with Gasteiger partial charge in [0.25, 0.3) is 0 Å². The van der Waals surface area contributed by atoms with Crippen LogP contribution in [0.4, 0.5) is 5.82 Å². The zero-order chi connectivity index (χ0) is 10.7. The van der Waals surface area contributed by atoms with Gasteiger partial charge in [-0.3, -0.25) is 10.1 Å². The molecule has 0 unspecified atom stereocenters. The molecule has 0 saturated carbocycles. The van der Waals surface area contributed by atoms with Crippen molar-refractivity contribution in [2.45, 2.75) is 19.8 Å². The molecule has 0 aliphatic heterocycles. The van der Waals surface area contributed by atoms with E-state index in [1.807, 2.05) is 18.2 Å². The van der Waals surface area contributed by atoms with Gasteiger partial charge in [0, 0.05) is 11.9 Å². The second kappa shape index (κ2) is 4.13. The number of anilines is 1. The lowest BCUT2D eigenvalue weighted by molar-refractivity contribution is 0.868. The van der Waals surface area contributed by atoms with Crippen LogP contribution in [0.5, 0.6) is 0 Å². The fraction of sp³-hybridized carbons (Fsp3) is 0.273. The first-order valence-electron chi connectivity index (χ1n) is 5.07. The number of H-pyrrole nitrogens is 1. The van der Waals surface area contributed by atoms with Crippen molar-refractivity contribution in [2.24, 2.45) is 0 Å². The minimum atomic E-state index is 0.525. The summed E-state index contributed by atoms with van der Waals surface area (Å²) in [5.41, 5.74) is 8.71. The number of hydrogen-bond donors (Lipinski definition) is 2. The van der Waals surface area contributed by atoms with Crippen molar-refractivity contribution in [3.8, 4) is 11.3 Å². The highest BCUT2D eigenvalue weighted by atomic mass is 15.2. The fourth-order valence-electron chi connectivity index (χ4n) is 1.62. The van der Waals surface area contributed by atoms with Crippen LogP contribution in [-0.2, 0) is 6.42 Å². The Labute approximate surface area is 88.5 Å². The van der Waals surface area contributed by atoms with Crippen molar-refractivity contribution >= 4 is 5.82 Å². The van der Waals surface area contributed by atoms with Crippen molar-refractivity contribution in [1.29, 1.82) is 0 Å². The number of aromatic nitrogens is 3. The lowest BCUT2D eigenvalue weighted by Crippen LogP contribution is -1.92. The number of aromatic amines is 1. The molecule has 0 radical (unpaired) electrons. The first-order valence-corrected chi connectivity index (χ1v) is 5.07. The average molecular weight is 202 g/mol. The van der Waals surface area contributed by atoms with Gasteiger partial charge in [-0.2, -0.15) is 5.10 Å². The molecular formula is C11H14N4. The van der Waals surface area contributed by atoms with Gasteiger partial charge in [-0.1, -0.05) is 19.4 Å². The van der Waals surface area contributed by atoms with Crippen LogP contribution in [0.1, 0.15) is 19.0 Å². The Balaban J connectivity index is 2.47. The molecule has 0 saturated heterocycles. The normalized spacial score (nSPS) is 10.5. The maximum Gasteiger partial charge on any atom is 0.154 e. The van der Waals surface area contributed by atoms with Crippen LogP contribution in [0.2, 0.25) is 0 Å². The van der Waals surface area contributed by atoms with Crippen LogP contribution >= 0.6 is 0 Å². The van der Waals surface area contributed by atoms with E-state index in [0.717, 1.165) is 29.8 Å². The molecule has 15 heavy (non-hydrogen) atoms. The fourth-order valence-corrected chi connectivity index (χ4v) is 1.62. The summed E-state index contributed by atoms with van der Waals surface area (Å²) in [6.07, 6.45) is 3.76. The highest BCUT2D eigenvalue weighted by Crippen LogP contribution is 2.26. The van der Waals surface area contributed by atoms with E-state index >= 15 is 0 Å². The molecule has 0 aliphatic rings. The summed E-state index contributed by atoms with van der Waals surface area (Å²) >= 11 is 0. The van der Waals surface area contributed by atoms with Crippen molar-refractivity contribution < 1.29 is 0 Å². The van der Waals surface area contributed by atoms with Crippen molar-refractivity contribution in [3.63, 3.8) is 0 Å². The zero-order valence-electron chi connectivity index (χ0n) is 8.70. The molecule has 0 atom stereocenters. The summed E-state index contributed by atoms with van der Waals surface area (Å²) in [6.45, 7) is 2.12. The molecule has 0 aromatic carbocycles. The Hall–Kier alpha value is -1.84. The summed E-state index contributed by atoms with van der Waals surface area (Å²) < 4.78 is 0. The summed E-state index contributed by atoms with van der Waals surface area (Å²) in [5.74, 6) is 0.525. The number of aryl methyl sites for hydroxylation is 1. The Kier molecular flexibility index (Phi) is 2.67. The smallest absolute Gasteiger partial charge is 0.154 e. The van der Waals surface area contributed by atoms with Gasteiger partial charge in [-0.05, 0) is 18.6 Å². The van der Waals surface area contributed by atoms with E-state index in [9.17, 15) is 0 Å². The summed E-state index contributed by atoms with van der Waals surface area (Å²) in [6, 6.07) is 5.78. The molecule has 0 aliphatic carbocycles. The van der Waals surface area contributed by atoms with Gasteiger partial charge < -0.3 is 5.73 Å². The Morgan fingerprint density at radius 3 is 2.93 bits per heavy atom. The zero-order valence-corrected chi connectivity index (χ0v) is 8.70. The number of nitrogens with zero attached hydrogens (tertiary/aromatic N) is 2. The number of nitrogen functional groups attached to an aromatic ring is 1. The minimum absolute atomic E-state index is 0.525. The molecular weight excluding hydrogens is 188 g/mol. The lowest BCUT2D eigenvalue weighted by atomic mass is 10.1. The third kappa shape index (κ3) is 1.83. The molecule has 0 amide bonds. The minimum Gasteiger partial charge on any atom is -0.382 e. The molecule has 78 valence electrons. The highest BCUT2D eigenvalue weighted by molar-refractivity contribution is 5.73. The van der Waals surface area contributed by atoms with E-state index in [-0.39, 0.29) is 0 Å². The molecule has 4 nitrogen and oxygen atoms in total. The SMILES string of the molecule is CCCc1[nH]nc(N)c1-c1ccccn1. The Morgan fingerprint density at radius 1 is 1.40 bits per heavy atom. The van der Waals surface area contributed by atoms with Crippen molar-refractivity contribution in [1.82, 2.24) is 15.2 Å². The number of hydrogen-bond acceptors (Lipinski definition) is 3. The maximum atomic E-state index is 5.82. The van der Waals surface area contributed by atoms with Crippen LogP contribution in [0.25, 0.3) is 11.3 Å². The van der Waals surface area contributed by atoms with Gasteiger partial charge >= 0.3 is 0 Å². The first kappa shape index (κ1) is 9.71. The van der Waals surface area contributed by atoms with Crippen molar-refractivity contribution in [3.05, 3.63) is 30.1 Å². The van der Waals surface area contributed by atoms with E-state index in [2.05, 4.69) is 22.1 Å². The van der Waals surface area contributed by atoms with E-state index in [1.54, 1.807) is 6.20 Å². The third-order valence-corrected chi connectivity index (χ3v) is 2.29. The van der Waals surface area contributed by atoms with Crippen LogP contribution in [0, 0.1) is 0 Å².